The van der Waals surface area contributed by atoms with E-state index in [2.05, 4.69) is 11.1 Å². The largest absolute Gasteiger partial charge is 0.354 e. The van der Waals surface area contributed by atoms with Crippen LogP contribution in [-0.4, -0.2) is 4.98 Å². The summed E-state index contributed by atoms with van der Waals surface area (Å²) in [5.41, 5.74) is 2.20. The first kappa shape index (κ1) is 7.89. The van der Waals surface area contributed by atoms with Crippen LogP contribution in [0.15, 0.2) is 36.4 Å². The van der Waals surface area contributed by atoms with Crippen LogP contribution in [0.25, 0.3) is 21.8 Å². The van der Waals surface area contributed by atoms with E-state index in [-0.39, 0.29) is 0 Å². The first-order valence-electron chi connectivity index (χ1n) is 4.42. The molecular weight excluding hydrogens is 194 g/mol. The van der Waals surface area contributed by atoms with Gasteiger partial charge in [-0.2, -0.15) is 0 Å². The van der Waals surface area contributed by atoms with E-state index in [1.807, 2.05) is 36.4 Å². The van der Waals surface area contributed by atoms with E-state index in [1.165, 1.54) is 10.8 Å². The first-order chi connectivity index (χ1) is 6.84. The maximum atomic E-state index is 5.92. The van der Waals surface area contributed by atoms with Crippen molar-refractivity contribution in [3.63, 3.8) is 0 Å². The van der Waals surface area contributed by atoms with Gasteiger partial charge in [-0.05, 0) is 30.3 Å². The molecule has 0 aliphatic heterocycles. The average molecular weight is 201 g/mol. The van der Waals surface area contributed by atoms with Crippen LogP contribution in [0.4, 0.5) is 0 Å². The number of fused-ring (bicyclic) bond motifs is 3. The minimum Gasteiger partial charge on any atom is -0.354 e. The SMILES string of the molecule is Clc1ccc2c(c1)[nH]c1cc[c]cc12. The van der Waals surface area contributed by atoms with Gasteiger partial charge in [-0.25, -0.2) is 0 Å². The molecule has 1 aromatic heterocycles. The van der Waals surface area contributed by atoms with E-state index in [4.69, 9.17) is 11.6 Å². The average Bonchev–Trinajstić information content (AvgIpc) is 2.54. The number of nitrogens with one attached hydrogen (secondary N) is 1. The number of hydrogen-bond donors (Lipinski definition) is 1. The Bertz CT molecular complexity index is 610. The Labute approximate surface area is 86.3 Å². The fourth-order valence-electron chi connectivity index (χ4n) is 1.76. The van der Waals surface area contributed by atoms with E-state index in [0.717, 1.165) is 16.1 Å². The third-order valence-corrected chi connectivity index (χ3v) is 2.64. The van der Waals surface area contributed by atoms with E-state index in [9.17, 15) is 0 Å². The summed E-state index contributed by atoms with van der Waals surface area (Å²) in [6.45, 7) is 0. The summed E-state index contributed by atoms with van der Waals surface area (Å²) in [5.74, 6) is 0. The molecule has 14 heavy (non-hydrogen) atoms. The Morgan fingerprint density at radius 2 is 2.00 bits per heavy atom. The van der Waals surface area contributed by atoms with Crippen molar-refractivity contribution >= 4 is 33.4 Å². The summed E-state index contributed by atoms with van der Waals surface area (Å²) in [6.07, 6.45) is 0. The fraction of sp³-hybridized carbons (Fsp3) is 0. The van der Waals surface area contributed by atoms with Crippen molar-refractivity contribution in [3.05, 3.63) is 47.5 Å². The third kappa shape index (κ3) is 1.03. The lowest BCUT2D eigenvalue weighted by molar-refractivity contribution is 1.54. The molecule has 0 aliphatic carbocycles. The summed E-state index contributed by atoms with van der Waals surface area (Å²) in [6, 6.07) is 14.9. The zero-order chi connectivity index (χ0) is 9.54. The van der Waals surface area contributed by atoms with Crippen molar-refractivity contribution in [1.29, 1.82) is 0 Å². The highest BCUT2D eigenvalue weighted by Crippen LogP contribution is 2.26. The summed E-state index contributed by atoms with van der Waals surface area (Å²) in [5, 5.41) is 3.15. The van der Waals surface area contributed by atoms with Crippen LogP contribution < -0.4 is 0 Å². The first-order valence-corrected chi connectivity index (χ1v) is 4.79. The quantitative estimate of drug-likeness (QED) is 0.569. The number of H-pyrrole nitrogens is 1. The third-order valence-electron chi connectivity index (χ3n) is 2.41. The molecule has 0 unspecified atom stereocenters. The molecular formula is C12H7ClN. The van der Waals surface area contributed by atoms with Crippen LogP contribution in [0.5, 0.6) is 0 Å². The molecule has 1 nitrogen and oxygen atoms in total. The molecule has 3 aromatic rings. The monoisotopic (exact) mass is 200 g/mol. The minimum atomic E-state index is 0.757. The Morgan fingerprint density at radius 1 is 1.07 bits per heavy atom. The van der Waals surface area contributed by atoms with Crippen molar-refractivity contribution in [3.8, 4) is 0 Å². The lowest BCUT2D eigenvalue weighted by atomic mass is 10.2. The van der Waals surface area contributed by atoms with E-state index in [1.54, 1.807) is 0 Å². The van der Waals surface area contributed by atoms with E-state index < -0.39 is 0 Å². The van der Waals surface area contributed by atoms with E-state index >= 15 is 0 Å². The van der Waals surface area contributed by atoms with Crippen LogP contribution in [0, 0.1) is 6.07 Å². The summed E-state index contributed by atoms with van der Waals surface area (Å²) < 4.78 is 0. The maximum Gasteiger partial charge on any atom is 0.0479 e. The number of rotatable bonds is 0. The van der Waals surface area contributed by atoms with Crippen LogP contribution in [0.2, 0.25) is 5.02 Å². The maximum absolute atomic E-state index is 5.92. The van der Waals surface area contributed by atoms with Gasteiger partial charge in [0, 0.05) is 26.8 Å². The summed E-state index contributed by atoms with van der Waals surface area (Å²) in [4.78, 5) is 3.31. The number of halogens is 1. The van der Waals surface area contributed by atoms with Gasteiger partial charge in [0.25, 0.3) is 0 Å². The Balaban J connectivity index is 2.57. The second kappa shape index (κ2) is 2.76. The highest BCUT2D eigenvalue weighted by Gasteiger charge is 2.02. The predicted octanol–water partition coefficient (Wildman–Crippen LogP) is 3.77. The molecule has 3 rings (SSSR count). The van der Waals surface area contributed by atoms with Crippen LogP contribution in [-0.2, 0) is 0 Å². The molecule has 0 bridgehead atoms. The molecule has 0 atom stereocenters. The molecule has 1 N–H and O–H groups in total. The van der Waals surface area contributed by atoms with Gasteiger partial charge in [-0.15, -0.1) is 0 Å². The van der Waals surface area contributed by atoms with Crippen molar-refractivity contribution < 1.29 is 0 Å². The number of benzene rings is 2. The fourth-order valence-corrected chi connectivity index (χ4v) is 1.93. The van der Waals surface area contributed by atoms with Gasteiger partial charge in [0.1, 0.15) is 0 Å². The molecule has 0 saturated carbocycles. The second-order valence-corrected chi connectivity index (χ2v) is 3.72. The van der Waals surface area contributed by atoms with Crippen LogP contribution in [0.3, 0.4) is 0 Å². The molecule has 0 amide bonds. The zero-order valence-corrected chi connectivity index (χ0v) is 8.10. The predicted molar refractivity (Wildman–Crippen MR) is 59.7 cm³/mol. The highest BCUT2D eigenvalue weighted by molar-refractivity contribution is 6.31. The van der Waals surface area contributed by atoms with Crippen molar-refractivity contribution in [2.24, 2.45) is 0 Å². The topological polar surface area (TPSA) is 15.8 Å². The highest BCUT2D eigenvalue weighted by atomic mass is 35.5. The smallest absolute Gasteiger partial charge is 0.0479 e. The minimum absolute atomic E-state index is 0.757. The lowest BCUT2D eigenvalue weighted by Crippen LogP contribution is -1.66. The van der Waals surface area contributed by atoms with Crippen molar-refractivity contribution in [2.75, 3.05) is 0 Å². The van der Waals surface area contributed by atoms with Crippen LogP contribution in [0.1, 0.15) is 0 Å². The summed E-state index contributed by atoms with van der Waals surface area (Å²) >= 11 is 5.92. The summed E-state index contributed by atoms with van der Waals surface area (Å²) in [7, 11) is 0. The standard InChI is InChI=1S/C12H7ClN/c13-8-5-6-10-9-3-1-2-4-11(9)14-12(10)7-8/h2-7,14H. The van der Waals surface area contributed by atoms with Gasteiger partial charge in [0.15, 0.2) is 0 Å². The van der Waals surface area contributed by atoms with Gasteiger partial charge in [-0.1, -0.05) is 23.7 Å². The molecule has 67 valence electrons. The Hall–Kier alpha value is -1.47. The van der Waals surface area contributed by atoms with Gasteiger partial charge >= 0.3 is 0 Å². The van der Waals surface area contributed by atoms with Gasteiger partial charge < -0.3 is 4.98 Å². The molecule has 0 fully saturated rings. The van der Waals surface area contributed by atoms with Gasteiger partial charge in [0.05, 0.1) is 0 Å². The lowest BCUT2D eigenvalue weighted by Gasteiger charge is -1.90. The molecule has 1 heterocycles. The Kier molecular flexibility index (Phi) is 1.55. The molecule has 2 heteroatoms. The number of aromatic nitrogens is 1. The van der Waals surface area contributed by atoms with Gasteiger partial charge in [-0.3, -0.25) is 0 Å². The second-order valence-electron chi connectivity index (χ2n) is 3.29. The van der Waals surface area contributed by atoms with Gasteiger partial charge in [0.2, 0.25) is 0 Å². The Morgan fingerprint density at radius 3 is 2.93 bits per heavy atom. The molecule has 0 aliphatic rings. The van der Waals surface area contributed by atoms with Crippen molar-refractivity contribution in [2.45, 2.75) is 0 Å². The molecule has 0 spiro atoms. The number of aromatic amines is 1. The molecule has 1 radical (unpaired) electrons. The van der Waals surface area contributed by atoms with Crippen molar-refractivity contribution in [1.82, 2.24) is 4.98 Å². The molecule has 2 aromatic carbocycles. The van der Waals surface area contributed by atoms with E-state index in [0.29, 0.717) is 0 Å². The normalized spacial score (nSPS) is 11.2. The number of hydrogen-bond acceptors (Lipinski definition) is 0. The van der Waals surface area contributed by atoms with Crippen LogP contribution >= 0.6 is 11.6 Å². The zero-order valence-electron chi connectivity index (χ0n) is 7.34. The molecule has 0 saturated heterocycles.